The Morgan fingerprint density at radius 1 is 1.22 bits per heavy atom. The summed E-state index contributed by atoms with van der Waals surface area (Å²) in [6, 6.07) is 0. The molecule has 100 valence electrons. The summed E-state index contributed by atoms with van der Waals surface area (Å²) in [5.74, 6) is -0.295. The summed E-state index contributed by atoms with van der Waals surface area (Å²) in [4.78, 5) is 0. The summed E-state index contributed by atoms with van der Waals surface area (Å²) in [7, 11) is 3.45. The predicted octanol–water partition coefficient (Wildman–Crippen LogP) is 1.94. The van der Waals surface area contributed by atoms with Crippen LogP contribution in [0.15, 0.2) is 6.20 Å². The summed E-state index contributed by atoms with van der Waals surface area (Å²) in [5, 5.41) is 11.4. The number of anilines is 1. The summed E-state index contributed by atoms with van der Waals surface area (Å²) >= 11 is 0. The Labute approximate surface area is 111 Å². The topological polar surface area (TPSA) is 47.7 Å². The maximum Gasteiger partial charge on any atom is 0.216 e. The molecule has 0 radical (unpaired) electrons. The zero-order chi connectivity index (χ0) is 12.6. The average Bonchev–Trinajstić information content (AvgIpc) is 2.67. The van der Waals surface area contributed by atoms with E-state index in [1.807, 2.05) is 20.2 Å². The molecule has 0 saturated heterocycles. The standard InChI is InChI=1S/C11H16FN5.ClH/c1-7-9(11(12)17(4)15-7)5-13-10-6-16(3)14-8(10)2;/h6,13H,5H2,1-4H3;1H. The van der Waals surface area contributed by atoms with Gasteiger partial charge in [0.15, 0.2) is 0 Å². The number of aryl methyl sites for hydroxylation is 4. The van der Waals surface area contributed by atoms with E-state index in [1.54, 1.807) is 18.7 Å². The lowest BCUT2D eigenvalue weighted by atomic mass is 10.2. The Morgan fingerprint density at radius 3 is 2.33 bits per heavy atom. The van der Waals surface area contributed by atoms with E-state index < -0.39 is 0 Å². The number of nitrogens with zero attached hydrogens (tertiary/aromatic N) is 4. The second-order valence-corrected chi connectivity index (χ2v) is 4.13. The van der Waals surface area contributed by atoms with E-state index in [2.05, 4.69) is 15.5 Å². The third-order valence-corrected chi connectivity index (χ3v) is 2.74. The van der Waals surface area contributed by atoms with E-state index in [4.69, 9.17) is 0 Å². The van der Waals surface area contributed by atoms with Crippen LogP contribution in [0.3, 0.4) is 0 Å². The van der Waals surface area contributed by atoms with E-state index in [0.717, 1.165) is 11.4 Å². The monoisotopic (exact) mass is 273 g/mol. The highest BCUT2D eigenvalue weighted by Gasteiger charge is 2.13. The molecule has 0 spiro atoms. The van der Waals surface area contributed by atoms with E-state index in [0.29, 0.717) is 17.8 Å². The van der Waals surface area contributed by atoms with Crippen LogP contribution in [0.1, 0.15) is 17.0 Å². The first-order valence-electron chi connectivity index (χ1n) is 5.41. The number of hydrogen-bond donors (Lipinski definition) is 1. The molecule has 0 unspecified atom stereocenters. The average molecular weight is 274 g/mol. The van der Waals surface area contributed by atoms with E-state index >= 15 is 0 Å². The predicted molar refractivity (Wildman–Crippen MR) is 70.4 cm³/mol. The van der Waals surface area contributed by atoms with E-state index in [1.165, 1.54) is 4.68 Å². The van der Waals surface area contributed by atoms with Gasteiger partial charge in [0.2, 0.25) is 5.95 Å². The Kier molecular flexibility index (Phi) is 4.34. The molecule has 2 aromatic heterocycles. The van der Waals surface area contributed by atoms with E-state index in [-0.39, 0.29) is 18.4 Å². The molecule has 2 heterocycles. The summed E-state index contributed by atoms with van der Waals surface area (Å²) in [5.41, 5.74) is 3.11. The Hall–Kier alpha value is -1.56. The Balaban J connectivity index is 0.00000162. The van der Waals surface area contributed by atoms with Gasteiger partial charge in [0.05, 0.1) is 17.1 Å². The summed E-state index contributed by atoms with van der Waals surface area (Å²) < 4.78 is 16.6. The third kappa shape index (κ3) is 2.64. The molecule has 7 heteroatoms. The van der Waals surface area contributed by atoms with Crippen LogP contribution < -0.4 is 5.32 Å². The smallest absolute Gasteiger partial charge is 0.216 e. The van der Waals surface area contributed by atoms with Gasteiger partial charge in [-0.3, -0.25) is 4.68 Å². The first kappa shape index (κ1) is 14.5. The number of nitrogens with one attached hydrogen (secondary N) is 1. The van der Waals surface area contributed by atoms with Crippen LogP contribution in [0.2, 0.25) is 0 Å². The largest absolute Gasteiger partial charge is 0.378 e. The van der Waals surface area contributed by atoms with Gasteiger partial charge < -0.3 is 5.32 Å². The lowest BCUT2D eigenvalue weighted by molar-refractivity contribution is 0.496. The van der Waals surface area contributed by atoms with Crippen molar-refractivity contribution in [3.63, 3.8) is 0 Å². The van der Waals surface area contributed by atoms with Gasteiger partial charge in [-0.05, 0) is 13.8 Å². The van der Waals surface area contributed by atoms with Crippen LogP contribution in [-0.2, 0) is 20.6 Å². The minimum Gasteiger partial charge on any atom is -0.378 e. The van der Waals surface area contributed by atoms with Crippen molar-refractivity contribution >= 4 is 18.1 Å². The maximum atomic E-state index is 13.7. The van der Waals surface area contributed by atoms with Gasteiger partial charge in [0, 0.05) is 32.4 Å². The zero-order valence-corrected chi connectivity index (χ0v) is 11.7. The maximum absolute atomic E-state index is 13.7. The molecular formula is C11H17ClFN5. The van der Waals surface area contributed by atoms with Crippen molar-refractivity contribution in [2.75, 3.05) is 5.32 Å². The van der Waals surface area contributed by atoms with Crippen molar-refractivity contribution in [1.82, 2.24) is 19.6 Å². The minimum absolute atomic E-state index is 0. The molecule has 0 saturated carbocycles. The minimum atomic E-state index is -0.295. The van der Waals surface area contributed by atoms with E-state index in [9.17, 15) is 4.39 Å². The fraction of sp³-hybridized carbons (Fsp3) is 0.455. The van der Waals surface area contributed by atoms with Gasteiger partial charge in [0.1, 0.15) is 0 Å². The lowest BCUT2D eigenvalue weighted by Gasteiger charge is -2.03. The third-order valence-electron chi connectivity index (χ3n) is 2.74. The highest BCUT2D eigenvalue weighted by Crippen LogP contribution is 2.16. The van der Waals surface area contributed by atoms with Crippen molar-refractivity contribution in [1.29, 1.82) is 0 Å². The quantitative estimate of drug-likeness (QED) is 0.930. The van der Waals surface area contributed by atoms with Gasteiger partial charge in [-0.1, -0.05) is 0 Å². The van der Waals surface area contributed by atoms with Crippen LogP contribution in [0.4, 0.5) is 10.1 Å². The fourth-order valence-electron chi connectivity index (χ4n) is 1.83. The molecule has 5 nitrogen and oxygen atoms in total. The molecular weight excluding hydrogens is 257 g/mol. The van der Waals surface area contributed by atoms with Crippen molar-refractivity contribution in [3.8, 4) is 0 Å². The van der Waals surface area contributed by atoms with Crippen LogP contribution in [-0.4, -0.2) is 19.6 Å². The van der Waals surface area contributed by atoms with Crippen molar-refractivity contribution < 1.29 is 4.39 Å². The van der Waals surface area contributed by atoms with Crippen molar-refractivity contribution in [2.24, 2.45) is 14.1 Å². The highest BCUT2D eigenvalue weighted by atomic mass is 35.5. The summed E-state index contributed by atoms with van der Waals surface area (Å²) in [6.07, 6.45) is 1.87. The number of aromatic nitrogens is 4. The van der Waals surface area contributed by atoms with Gasteiger partial charge >= 0.3 is 0 Å². The highest BCUT2D eigenvalue weighted by molar-refractivity contribution is 5.85. The van der Waals surface area contributed by atoms with Crippen LogP contribution in [0, 0.1) is 19.8 Å². The molecule has 2 rings (SSSR count). The Morgan fingerprint density at radius 2 is 1.89 bits per heavy atom. The Bertz CT molecular complexity index is 546. The first-order valence-corrected chi connectivity index (χ1v) is 5.41. The molecule has 0 amide bonds. The molecule has 0 aliphatic rings. The normalized spacial score (nSPS) is 10.3. The van der Waals surface area contributed by atoms with Crippen molar-refractivity contribution in [3.05, 3.63) is 29.1 Å². The van der Waals surface area contributed by atoms with Crippen LogP contribution in [0.25, 0.3) is 0 Å². The molecule has 0 bridgehead atoms. The van der Waals surface area contributed by atoms with Gasteiger partial charge in [-0.2, -0.15) is 14.6 Å². The zero-order valence-electron chi connectivity index (χ0n) is 10.9. The second kappa shape index (κ2) is 5.39. The molecule has 18 heavy (non-hydrogen) atoms. The van der Waals surface area contributed by atoms with Gasteiger partial charge in [-0.15, -0.1) is 12.4 Å². The van der Waals surface area contributed by atoms with Gasteiger partial charge in [-0.25, -0.2) is 4.68 Å². The summed E-state index contributed by atoms with van der Waals surface area (Å²) in [6.45, 7) is 4.13. The second-order valence-electron chi connectivity index (χ2n) is 4.13. The van der Waals surface area contributed by atoms with Gasteiger partial charge in [0.25, 0.3) is 0 Å². The fourth-order valence-corrected chi connectivity index (χ4v) is 1.83. The SMILES string of the molecule is Cc1nn(C)cc1NCc1c(C)nn(C)c1F.Cl. The number of hydrogen-bond acceptors (Lipinski definition) is 3. The molecule has 0 atom stereocenters. The molecule has 0 fully saturated rings. The molecule has 2 aromatic rings. The molecule has 1 N–H and O–H groups in total. The first-order chi connectivity index (χ1) is 7.99. The molecule has 0 aliphatic carbocycles. The molecule has 0 aromatic carbocycles. The number of rotatable bonds is 3. The number of halogens is 2. The lowest BCUT2D eigenvalue weighted by Crippen LogP contribution is -2.03. The van der Waals surface area contributed by atoms with Crippen LogP contribution in [0.5, 0.6) is 0 Å². The van der Waals surface area contributed by atoms with Crippen LogP contribution >= 0.6 is 12.4 Å². The molecule has 0 aliphatic heterocycles. The van der Waals surface area contributed by atoms with Crippen molar-refractivity contribution in [2.45, 2.75) is 20.4 Å².